The van der Waals surface area contributed by atoms with E-state index in [9.17, 15) is 0 Å². The van der Waals surface area contributed by atoms with Crippen molar-refractivity contribution in [2.75, 3.05) is 13.7 Å². The molecule has 0 radical (unpaired) electrons. The van der Waals surface area contributed by atoms with Crippen molar-refractivity contribution in [3.63, 3.8) is 0 Å². The Bertz CT molecular complexity index is 582. The average Bonchev–Trinajstić information content (AvgIpc) is 2.85. The molecule has 1 atom stereocenters. The molecule has 2 N–H and O–H groups in total. The van der Waals surface area contributed by atoms with Crippen molar-refractivity contribution in [3.05, 3.63) is 23.3 Å². The molecule has 5 heteroatoms. The van der Waals surface area contributed by atoms with Crippen LogP contribution in [0.5, 0.6) is 11.5 Å². The number of guanidine groups is 1. The molecule has 23 heavy (non-hydrogen) atoms. The zero-order chi connectivity index (χ0) is 16.2. The molecule has 0 spiro atoms. The topological polar surface area (TPSA) is 54.9 Å². The highest BCUT2D eigenvalue weighted by molar-refractivity contribution is 5.80. The lowest BCUT2D eigenvalue weighted by molar-refractivity contribution is 0.254. The van der Waals surface area contributed by atoms with Gasteiger partial charge in [-0.3, -0.25) is 4.99 Å². The molecule has 0 saturated heterocycles. The molecule has 0 amide bonds. The summed E-state index contributed by atoms with van der Waals surface area (Å²) in [5, 5.41) is 6.84. The van der Waals surface area contributed by atoms with Crippen molar-refractivity contribution in [1.82, 2.24) is 10.6 Å². The van der Waals surface area contributed by atoms with Gasteiger partial charge in [-0.2, -0.15) is 0 Å². The minimum absolute atomic E-state index is 0.246. The predicted octanol–water partition coefficient (Wildman–Crippen LogP) is 2.63. The van der Waals surface area contributed by atoms with Crippen LogP contribution in [0.15, 0.2) is 17.1 Å². The largest absolute Gasteiger partial charge is 0.494 e. The van der Waals surface area contributed by atoms with Crippen molar-refractivity contribution in [2.24, 2.45) is 4.99 Å². The summed E-state index contributed by atoms with van der Waals surface area (Å²) in [4.78, 5) is 4.31. The second-order valence-electron chi connectivity index (χ2n) is 6.33. The molecule has 1 aromatic carbocycles. The SMILES string of the molecule is CCOc1cc2c(cc1CNC(=NC)NC1CCC1)OC(C)C2. The van der Waals surface area contributed by atoms with Gasteiger partial charge in [0.1, 0.15) is 17.6 Å². The molecule has 0 aromatic heterocycles. The zero-order valence-electron chi connectivity index (χ0n) is 14.3. The third-order valence-electron chi connectivity index (χ3n) is 4.49. The van der Waals surface area contributed by atoms with Crippen LogP contribution in [0.2, 0.25) is 0 Å². The number of nitrogens with zero attached hydrogens (tertiary/aromatic N) is 1. The Morgan fingerprint density at radius 3 is 2.87 bits per heavy atom. The normalized spacial score (nSPS) is 20.5. The monoisotopic (exact) mass is 317 g/mol. The van der Waals surface area contributed by atoms with Gasteiger partial charge < -0.3 is 20.1 Å². The van der Waals surface area contributed by atoms with E-state index in [4.69, 9.17) is 9.47 Å². The quantitative estimate of drug-likeness (QED) is 0.647. The van der Waals surface area contributed by atoms with Gasteiger partial charge in [-0.05, 0) is 45.2 Å². The highest BCUT2D eigenvalue weighted by atomic mass is 16.5. The Kier molecular flexibility index (Phi) is 4.94. The van der Waals surface area contributed by atoms with Crippen LogP contribution in [0.4, 0.5) is 0 Å². The minimum Gasteiger partial charge on any atom is -0.494 e. The van der Waals surface area contributed by atoms with Crippen LogP contribution >= 0.6 is 0 Å². The lowest BCUT2D eigenvalue weighted by atomic mass is 9.93. The summed E-state index contributed by atoms with van der Waals surface area (Å²) in [6.07, 6.45) is 4.97. The first-order valence-corrected chi connectivity index (χ1v) is 8.62. The molecular formula is C18H27N3O2. The second kappa shape index (κ2) is 7.11. The number of fused-ring (bicyclic) bond motifs is 1. The summed E-state index contributed by atoms with van der Waals surface area (Å²) < 4.78 is 11.7. The van der Waals surface area contributed by atoms with E-state index < -0.39 is 0 Å². The van der Waals surface area contributed by atoms with E-state index >= 15 is 0 Å². The lowest BCUT2D eigenvalue weighted by Crippen LogP contribution is -2.46. The molecule has 1 saturated carbocycles. The smallest absolute Gasteiger partial charge is 0.191 e. The maximum atomic E-state index is 5.88. The standard InChI is InChI=1S/C18H27N3O2/c1-4-22-16-9-13-8-12(2)23-17(13)10-14(16)11-20-18(19-3)21-15-6-5-7-15/h9-10,12,15H,4-8,11H2,1-3H3,(H2,19,20,21). The number of nitrogens with one attached hydrogen (secondary N) is 2. The Morgan fingerprint density at radius 1 is 1.39 bits per heavy atom. The fraction of sp³-hybridized carbons (Fsp3) is 0.611. The molecule has 126 valence electrons. The maximum absolute atomic E-state index is 5.88. The Labute approximate surface area is 138 Å². The van der Waals surface area contributed by atoms with Crippen LogP contribution < -0.4 is 20.1 Å². The number of hydrogen-bond acceptors (Lipinski definition) is 3. The van der Waals surface area contributed by atoms with Crippen molar-refractivity contribution in [2.45, 2.75) is 58.2 Å². The van der Waals surface area contributed by atoms with Gasteiger partial charge in [0.15, 0.2) is 5.96 Å². The molecule has 1 aliphatic carbocycles. The molecular weight excluding hydrogens is 290 g/mol. The molecule has 3 rings (SSSR count). The molecule has 1 heterocycles. The first-order chi connectivity index (χ1) is 11.2. The van der Waals surface area contributed by atoms with Crippen molar-refractivity contribution in [3.8, 4) is 11.5 Å². The average molecular weight is 317 g/mol. The summed E-state index contributed by atoms with van der Waals surface area (Å²) in [5.41, 5.74) is 2.35. The Morgan fingerprint density at radius 2 is 2.22 bits per heavy atom. The van der Waals surface area contributed by atoms with Crippen LogP contribution in [-0.4, -0.2) is 31.8 Å². The van der Waals surface area contributed by atoms with E-state index in [2.05, 4.69) is 34.7 Å². The lowest BCUT2D eigenvalue weighted by Gasteiger charge is -2.28. The van der Waals surface area contributed by atoms with Crippen LogP contribution in [-0.2, 0) is 13.0 Å². The summed E-state index contributed by atoms with van der Waals surface area (Å²) in [7, 11) is 1.81. The fourth-order valence-electron chi connectivity index (χ4n) is 3.03. The molecule has 1 unspecified atom stereocenters. The molecule has 5 nitrogen and oxygen atoms in total. The van der Waals surface area contributed by atoms with Gasteiger partial charge in [0.2, 0.25) is 0 Å². The first-order valence-electron chi connectivity index (χ1n) is 8.62. The summed E-state index contributed by atoms with van der Waals surface area (Å²) in [6.45, 7) is 5.45. The molecule has 1 fully saturated rings. The van der Waals surface area contributed by atoms with E-state index in [0.717, 1.165) is 29.4 Å². The molecule has 1 aliphatic heterocycles. The number of rotatable bonds is 5. The molecule has 2 aliphatic rings. The number of aliphatic imine (C=N–C) groups is 1. The van der Waals surface area contributed by atoms with Crippen LogP contribution in [0, 0.1) is 0 Å². The van der Waals surface area contributed by atoms with Gasteiger partial charge in [-0.15, -0.1) is 0 Å². The van der Waals surface area contributed by atoms with Gasteiger partial charge in [0, 0.05) is 37.2 Å². The highest BCUT2D eigenvalue weighted by Gasteiger charge is 2.22. The number of ether oxygens (including phenoxy) is 2. The van der Waals surface area contributed by atoms with Gasteiger partial charge in [-0.25, -0.2) is 0 Å². The molecule has 1 aromatic rings. The second-order valence-corrected chi connectivity index (χ2v) is 6.33. The third kappa shape index (κ3) is 3.71. The minimum atomic E-state index is 0.246. The number of benzene rings is 1. The van der Waals surface area contributed by atoms with Crippen LogP contribution in [0.25, 0.3) is 0 Å². The van der Waals surface area contributed by atoms with E-state index in [-0.39, 0.29) is 6.10 Å². The van der Waals surface area contributed by atoms with Gasteiger partial charge >= 0.3 is 0 Å². The summed E-state index contributed by atoms with van der Waals surface area (Å²) in [5.74, 6) is 2.78. The van der Waals surface area contributed by atoms with E-state index in [1.54, 1.807) is 0 Å². The summed E-state index contributed by atoms with van der Waals surface area (Å²) in [6, 6.07) is 4.80. The predicted molar refractivity (Wildman–Crippen MR) is 92.4 cm³/mol. The van der Waals surface area contributed by atoms with Gasteiger partial charge in [0.05, 0.1) is 6.61 Å². The molecule has 0 bridgehead atoms. The Hall–Kier alpha value is -1.91. The Balaban J connectivity index is 1.69. The maximum Gasteiger partial charge on any atom is 0.191 e. The first kappa shape index (κ1) is 16.0. The van der Waals surface area contributed by atoms with E-state index in [1.165, 1.54) is 24.8 Å². The van der Waals surface area contributed by atoms with Crippen molar-refractivity contribution < 1.29 is 9.47 Å². The van der Waals surface area contributed by atoms with E-state index in [1.807, 2.05) is 14.0 Å². The van der Waals surface area contributed by atoms with E-state index in [0.29, 0.717) is 19.2 Å². The van der Waals surface area contributed by atoms with Crippen molar-refractivity contribution in [1.29, 1.82) is 0 Å². The van der Waals surface area contributed by atoms with Crippen LogP contribution in [0.3, 0.4) is 0 Å². The summed E-state index contributed by atoms with van der Waals surface area (Å²) >= 11 is 0. The fourth-order valence-corrected chi connectivity index (χ4v) is 3.03. The van der Waals surface area contributed by atoms with Crippen molar-refractivity contribution >= 4 is 5.96 Å². The van der Waals surface area contributed by atoms with Gasteiger partial charge in [0.25, 0.3) is 0 Å². The highest BCUT2D eigenvalue weighted by Crippen LogP contribution is 2.35. The number of hydrogen-bond donors (Lipinski definition) is 2. The van der Waals surface area contributed by atoms with Crippen LogP contribution in [0.1, 0.15) is 44.2 Å². The third-order valence-corrected chi connectivity index (χ3v) is 4.49. The zero-order valence-corrected chi connectivity index (χ0v) is 14.3. The van der Waals surface area contributed by atoms with Gasteiger partial charge in [-0.1, -0.05) is 0 Å².